The molecule has 2 bridgehead atoms. The molecule has 6 heteroatoms. The molecule has 3 aliphatic rings. The summed E-state index contributed by atoms with van der Waals surface area (Å²) < 4.78 is 0. The molecule has 0 aromatic carbocycles. The number of fused-ring (bicyclic) bond motifs is 2. The lowest BCUT2D eigenvalue weighted by atomic mass is 9.89. The lowest BCUT2D eigenvalue weighted by molar-refractivity contribution is -0.142. The predicted molar refractivity (Wildman–Crippen MR) is 73.3 cm³/mol. The number of carboxylic acid groups (broad SMARTS) is 1. The number of thioether (sulfide) groups is 1. The monoisotopic (exact) mass is 284 g/mol. The Morgan fingerprint density at radius 1 is 1.32 bits per heavy atom. The molecule has 0 saturated carbocycles. The molecule has 0 spiro atoms. The number of aliphatic carboxylic acids is 1. The molecule has 2 amide bonds. The molecule has 3 heterocycles. The number of urea groups is 1. The van der Waals surface area contributed by atoms with E-state index in [1.165, 1.54) is 18.6 Å². The van der Waals surface area contributed by atoms with Crippen molar-refractivity contribution in [2.24, 2.45) is 5.92 Å². The summed E-state index contributed by atoms with van der Waals surface area (Å²) >= 11 is 1.92. The predicted octanol–water partition coefficient (Wildman–Crippen LogP) is 1.53. The number of carbonyl (C=O) groups excluding carboxylic acids is 1. The summed E-state index contributed by atoms with van der Waals surface area (Å²) in [6.07, 6.45) is 4.84. The molecule has 3 fully saturated rings. The van der Waals surface area contributed by atoms with Crippen LogP contribution in [-0.2, 0) is 4.79 Å². The lowest BCUT2D eigenvalue weighted by Crippen LogP contribution is -2.45. The molecule has 5 nitrogen and oxygen atoms in total. The molecular weight excluding hydrogens is 264 g/mol. The number of nitrogens with one attached hydrogen (secondary N) is 1. The van der Waals surface area contributed by atoms with Gasteiger partial charge in [0.25, 0.3) is 0 Å². The summed E-state index contributed by atoms with van der Waals surface area (Å²) in [5.41, 5.74) is 0. The first-order valence-electron chi connectivity index (χ1n) is 7.07. The molecule has 4 atom stereocenters. The number of rotatable bonds is 3. The van der Waals surface area contributed by atoms with Gasteiger partial charge in [0.05, 0.1) is 5.92 Å². The first kappa shape index (κ1) is 13.1. The SMILES string of the molecule is O=C(O)C1CC2CCC1N2C(=O)NCC1CCCS1. The van der Waals surface area contributed by atoms with Gasteiger partial charge in [-0.3, -0.25) is 4.79 Å². The lowest BCUT2D eigenvalue weighted by Gasteiger charge is -2.24. The molecule has 106 valence electrons. The van der Waals surface area contributed by atoms with Crippen molar-refractivity contribution in [2.75, 3.05) is 12.3 Å². The van der Waals surface area contributed by atoms with E-state index in [4.69, 9.17) is 0 Å². The van der Waals surface area contributed by atoms with E-state index in [2.05, 4.69) is 5.32 Å². The van der Waals surface area contributed by atoms with Gasteiger partial charge in [-0.1, -0.05) is 0 Å². The van der Waals surface area contributed by atoms with E-state index in [1.807, 2.05) is 11.8 Å². The Hall–Kier alpha value is -0.910. The first-order chi connectivity index (χ1) is 9.16. The Balaban J connectivity index is 1.56. The van der Waals surface area contributed by atoms with Gasteiger partial charge in [0, 0.05) is 23.9 Å². The second-order valence-corrected chi connectivity index (χ2v) is 7.12. The van der Waals surface area contributed by atoms with Gasteiger partial charge in [0.15, 0.2) is 0 Å². The van der Waals surface area contributed by atoms with Gasteiger partial charge in [-0.15, -0.1) is 0 Å². The summed E-state index contributed by atoms with van der Waals surface area (Å²) in [5.74, 6) is 0.0815. The van der Waals surface area contributed by atoms with Crippen molar-refractivity contribution in [1.29, 1.82) is 0 Å². The number of nitrogens with zero attached hydrogens (tertiary/aromatic N) is 1. The van der Waals surface area contributed by atoms with Gasteiger partial charge in [-0.05, 0) is 37.9 Å². The maximum atomic E-state index is 12.2. The van der Waals surface area contributed by atoms with E-state index in [9.17, 15) is 14.7 Å². The zero-order valence-electron chi connectivity index (χ0n) is 10.9. The topological polar surface area (TPSA) is 69.6 Å². The van der Waals surface area contributed by atoms with Crippen molar-refractivity contribution in [2.45, 2.75) is 49.4 Å². The van der Waals surface area contributed by atoms with E-state index < -0.39 is 5.97 Å². The van der Waals surface area contributed by atoms with E-state index in [0.717, 1.165) is 19.4 Å². The van der Waals surface area contributed by atoms with Crippen molar-refractivity contribution in [3.8, 4) is 0 Å². The van der Waals surface area contributed by atoms with Crippen molar-refractivity contribution >= 4 is 23.8 Å². The highest BCUT2D eigenvalue weighted by Crippen LogP contribution is 2.41. The van der Waals surface area contributed by atoms with Crippen LogP contribution in [0.2, 0.25) is 0 Å². The van der Waals surface area contributed by atoms with Crippen LogP contribution < -0.4 is 5.32 Å². The van der Waals surface area contributed by atoms with E-state index in [0.29, 0.717) is 11.7 Å². The molecule has 0 radical (unpaired) electrons. The van der Waals surface area contributed by atoms with Crippen LogP contribution in [0.1, 0.15) is 32.1 Å². The maximum Gasteiger partial charge on any atom is 0.317 e. The van der Waals surface area contributed by atoms with Crippen LogP contribution in [0.4, 0.5) is 4.79 Å². The summed E-state index contributed by atoms with van der Waals surface area (Å²) in [4.78, 5) is 25.2. The highest BCUT2D eigenvalue weighted by Gasteiger charge is 2.51. The third-order valence-electron chi connectivity index (χ3n) is 4.59. The Kier molecular flexibility index (Phi) is 3.60. The first-order valence-corrected chi connectivity index (χ1v) is 8.12. The molecule has 3 saturated heterocycles. The Morgan fingerprint density at radius 3 is 2.79 bits per heavy atom. The molecule has 4 unspecified atom stereocenters. The van der Waals surface area contributed by atoms with Crippen molar-refractivity contribution < 1.29 is 14.7 Å². The van der Waals surface area contributed by atoms with Crippen LogP contribution in [0.25, 0.3) is 0 Å². The second-order valence-electron chi connectivity index (χ2n) is 5.71. The van der Waals surface area contributed by atoms with Gasteiger partial charge in [0.1, 0.15) is 0 Å². The molecule has 19 heavy (non-hydrogen) atoms. The Labute approximate surface area is 117 Å². The quantitative estimate of drug-likeness (QED) is 0.824. The third kappa shape index (κ3) is 2.42. The number of amides is 2. The minimum absolute atomic E-state index is 0.0521. The van der Waals surface area contributed by atoms with Gasteiger partial charge < -0.3 is 15.3 Å². The van der Waals surface area contributed by atoms with E-state index >= 15 is 0 Å². The highest BCUT2D eigenvalue weighted by atomic mass is 32.2. The molecule has 2 N–H and O–H groups in total. The van der Waals surface area contributed by atoms with Crippen LogP contribution in [0.3, 0.4) is 0 Å². The highest BCUT2D eigenvalue weighted by molar-refractivity contribution is 8.00. The minimum atomic E-state index is -0.753. The zero-order valence-corrected chi connectivity index (χ0v) is 11.7. The van der Waals surface area contributed by atoms with Crippen LogP contribution in [0.15, 0.2) is 0 Å². The zero-order chi connectivity index (χ0) is 13.4. The van der Waals surface area contributed by atoms with Crippen LogP contribution in [0.5, 0.6) is 0 Å². The van der Waals surface area contributed by atoms with Gasteiger partial charge in [0.2, 0.25) is 0 Å². The summed E-state index contributed by atoms with van der Waals surface area (Å²) in [6.45, 7) is 0.719. The van der Waals surface area contributed by atoms with Gasteiger partial charge in [-0.2, -0.15) is 11.8 Å². The third-order valence-corrected chi connectivity index (χ3v) is 5.99. The van der Waals surface area contributed by atoms with Crippen molar-refractivity contribution in [3.63, 3.8) is 0 Å². The van der Waals surface area contributed by atoms with Crippen molar-refractivity contribution in [1.82, 2.24) is 10.2 Å². The minimum Gasteiger partial charge on any atom is -0.481 e. The normalized spacial score (nSPS) is 36.7. The Bertz CT molecular complexity index is 384. The fraction of sp³-hybridized carbons (Fsp3) is 0.846. The number of hydrogen-bond acceptors (Lipinski definition) is 3. The molecule has 3 aliphatic heterocycles. The molecule has 0 aromatic rings. The molecule has 3 rings (SSSR count). The molecular formula is C13H20N2O3S. The smallest absolute Gasteiger partial charge is 0.317 e. The van der Waals surface area contributed by atoms with Gasteiger partial charge in [-0.25, -0.2) is 4.79 Å². The second kappa shape index (κ2) is 5.23. The van der Waals surface area contributed by atoms with Crippen LogP contribution in [0, 0.1) is 5.92 Å². The molecule has 0 aromatic heterocycles. The van der Waals surface area contributed by atoms with Crippen LogP contribution >= 0.6 is 11.8 Å². The molecule has 0 aliphatic carbocycles. The summed E-state index contributed by atoms with van der Waals surface area (Å²) in [5, 5.41) is 12.7. The van der Waals surface area contributed by atoms with Gasteiger partial charge >= 0.3 is 12.0 Å². The van der Waals surface area contributed by atoms with Crippen LogP contribution in [-0.4, -0.2) is 51.6 Å². The number of carbonyl (C=O) groups is 2. The average molecular weight is 284 g/mol. The number of hydrogen-bond donors (Lipinski definition) is 2. The van der Waals surface area contributed by atoms with Crippen molar-refractivity contribution in [3.05, 3.63) is 0 Å². The summed E-state index contributed by atoms with van der Waals surface area (Å²) in [6, 6.07) is 0.00446. The summed E-state index contributed by atoms with van der Waals surface area (Å²) in [7, 11) is 0. The fourth-order valence-electron chi connectivity index (χ4n) is 3.67. The van der Waals surface area contributed by atoms with E-state index in [1.54, 1.807) is 4.90 Å². The average Bonchev–Trinajstić information content (AvgIpc) is 3.11. The standard InChI is InChI=1S/C13H20N2O3S/c16-12(17)10-6-8-3-4-11(10)15(8)13(18)14-7-9-2-1-5-19-9/h8-11H,1-7H2,(H,14,18)(H,16,17). The van der Waals surface area contributed by atoms with E-state index in [-0.39, 0.29) is 24.0 Å². The maximum absolute atomic E-state index is 12.2. The fourth-order valence-corrected chi connectivity index (χ4v) is 4.87. The Morgan fingerprint density at radius 2 is 2.16 bits per heavy atom. The number of carboxylic acids is 1. The largest absolute Gasteiger partial charge is 0.481 e.